The second-order valence-electron chi connectivity index (χ2n) is 7.12. The molecule has 2 aromatic heterocycles. The first-order chi connectivity index (χ1) is 13.7. The van der Waals surface area contributed by atoms with Gasteiger partial charge >= 0.3 is 0 Å². The third-order valence-electron chi connectivity index (χ3n) is 5.12. The molecule has 5 nitrogen and oxygen atoms in total. The molecule has 0 bridgehead atoms. The minimum absolute atomic E-state index is 0.119. The van der Waals surface area contributed by atoms with E-state index in [0.717, 1.165) is 42.8 Å². The lowest BCUT2D eigenvalue weighted by Gasteiger charge is -2.15. The van der Waals surface area contributed by atoms with E-state index in [1.54, 1.807) is 0 Å². The minimum atomic E-state index is -0.119. The van der Waals surface area contributed by atoms with Gasteiger partial charge in [0, 0.05) is 11.4 Å². The predicted octanol–water partition coefficient (Wildman–Crippen LogP) is 4.55. The summed E-state index contributed by atoms with van der Waals surface area (Å²) < 4.78 is 1.54. The SMILES string of the molecule is Cc1[nH]n(-c2ccccc2)c(=O)c1Sc1nc2c(cc1C#N)CCCCCC2. The quantitative estimate of drug-likeness (QED) is 0.712. The van der Waals surface area contributed by atoms with Gasteiger partial charge in [0.2, 0.25) is 0 Å². The van der Waals surface area contributed by atoms with Crippen LogP contribution in [0.25, 0.3) is 5.69 Å². The van der Waals surface area contributed by atoms with E-state index in [4.69, 9.17) is 4.98 Å². The van der Waals surface area contributed by atoms with Gasteiger partial charge in [-0.3, -0.25) is 9.89 Å². The number of para-hydroxylation sites is 1. The van der Waals surface area contributed by atoms with Crippen molar-refractivity contribution in [1.82, 2.24) is 14.8 Å². The maximum absolute atomic E-state index is 13.0. The summed E-state index contributed by atoms with van der Waals surface area (Å²) in [6.45, 7) is 1.88. The van der Waals surface area contributed by atoms with E-state index in [0.29, 0.717) is 15.5 Å². The van der Waals surface area contributed by atoms with Crippen LogP contribution in [-0.2, 0) is 12.8 Å². The molecule has 3 aromatic rings. The number of aryl methyl sites for hydroxylation is 3. The number of aromatic nitrogens is 3. The molecule has 2 heterocycles. The van der Waals surface area contributed by atoms with Crippen molar-refractivity contribution in [3.8, 4) is 11.8 Å². The molecule has 1 aromatic carbocycles. The fourth-order valence-electron chi connectivity index (χ4n) is 3.63. The number of aromatic amines is 1. The summed E-state index contributed by atoms with van der Waals surface area (Å²) in [5, 5.41) is 13.4. The Kier molecular flexibility index (Phi) is 5.36. The fourth-order valence-corrected chi connectivity index (χ4v) is 4.57. The van der Waals surface area contributed by atoms with Gasteiger partial charge in [-0.15, -0.1) is 0 Å². The smallest absolute Gasteiger partial charge is 0.285 e. The summed E-state index contributed by atoms with van der Waals surface area (Å²) >= 11 is 1.29. The van der Waals surface area contributed by atoms with Crippen molar-refractivity contribution in [2.24, 2.45) is 0 Å². The van der Waals surface area contributed by atoms with Crippen LogP contribution in [0.15, 0.2) is 51.1 Å². The highest BCUT2D eigenvalue weighted by Gasteiger charge is 2.19. The van der Waals surface area contributed by atoms with E-state index >= 15 is 0 Å². The largest absolute Gasteiger partial charge is 0.294 e. The number of nitriles is 1. The summed E-state index contributed by atoms with van der Waals surface area (Å²) in [6.07, 6.45) is 6.65. The van der Waals surface area contributed by atoms with Crippen LogP contribution in [-0.4, -0.2) is 14.8 Å². The number of nitrogens with zero attached hydrogens (tertiary/aromatic N) is 3. The standard InChI is InChI=1S/C22H22N4OS/c1-15-20(22(27)26(25-15)18-10-6-4-7-11-18)28-21-17(14-23)13-16-9-5-2-3-8-12-19(16)24-21/h4,6-7,10-11,13,25H,2-3,5,8-9,12H2,1H3. The molecule has 0 aliphatic heterocycles. The fraction of sp³-hybridized carbons (Fsp3) is 0.318. The van der Waals surface area contributed by atoms with Gasteiger partial charge in [0.05, 0.1) is 11.3 Å². The van der Waals surface area contributed by atoms with Crippen molar-refractivity contribution in [1.29, 1.82) is 5.26 Å². The number of hydrogen-bond donors (Lipinski definition) is 1. The van der Waals surface area contributed by atoms with Crippen LogP contribution < -0.4 is 5.56 Å². The van der Waals surface area contributed by atoms with Crippen LogP contribution >= 0.6 is 11.8 Å². The third-order valence-corrected chi connectivity index (χ3v) is 6.31. The lowest BCUT2D eigenvalue weighted by atomic mass is 9.96. The van der Waals surface area contributed by atoms with E-state index in [1.807, 2.05) is 43.3 Å². The molecule has 1 N–H and O–H groups in total. The van der Waals surface area contributed by atoms with E-state index in [2.05, 4.69) is 11.2 Å². The Labute approximate surface area is 168 Å². The van der Waals surface area contributed by atoms with E-state index < -0.39 is 0 Å². The van der Waals surface area contributed by atoms with Crippen molar-refractivity contribution in [2.45, 2.75) is 55.4 Å². The topological polar surface area (TPSA) is 74.5 Å². The molecule has 0 atom stereocenters. The van der Waals surface area contributed by atoms with E-state index in [-0.39, 0.29) is 5.56 Å². The number of pyridine rings is 1. The maximum atomic E-state index is 13.0. The van der Waals surface area contributed by atoms with Gasteiger partial charge in [0.25, 0.3) is 5.56 Å². The number of fused-ring (bicyclic) bond motifs is 1. The van der Waals surface area contributed by atoms with Crippen molar-refractivity contribution < 1.29 is 0 Å². The predicted molar refractivity (Wildman–Crippen MR) is 110 cm³/mol. The molecule has 28 heavy (non-hydrogen) atoms. The van der Waals surface area contributed by atoms with Crippen LogP contribution in [0.1, 0.15) is 48.2 Å². The maximum Gasteiger partial charge on any atom is 0.285 e. The highest BCUT2D eigenvalue weighted by atomic mass is 32.2. The molecule has 6 heteroatoms. The Morgan fingerprint density at radius 3 is 2.64 bits per heavy atom. The molecule has 0 saturated heterocycles. The molecule has 1 aliphatic rings. The van der Waals surface area contributed by atoms with Crippen LogP contribution in [0.2, 0.25) is 0 Å². The molecule has 0 amide bonds. The molecule has 4 rings (SSSR count). The number of H-pyrrole nitrogens is 1. The van der Waals surface area contributed by atoms with Gasteiger partial charge in [0.1, 0.15) is 16.0 Å². The monoisotopic (exact) mass is 390 g/mol. The van der Waals surface area contributed by atoms with Gasteiger partial charge in [-0.05, 0) is 56.4 Å². The zero-order valence-electron chi connectivity index (χ0n) is 15.9. The number of nitrogens with one attached hydrogen (secondary N) is 1. The number of hydrogen-bond acceptors (Lipinski definition) is 4. The van der Waals surface area contributed by atoms with Crippen molar-refractivity contribution in [2.75, 3.05) is 0 Å². The van der Waals surface area contributed by atoms with Gasteiger partial charge in [0.15, 0.2) is 0 Å². The molecule has 0 fully saturated rings. The molecule has 0 saturated carbocycles. The molecule has 1 aliphatic carbocycles. The molecule has 0 unspecified atom stereocenters. The Balaban J connectivity index is 1.73. The molecule has 0 spiro atoms. The normalized spacial score (nSPS) is 14.0. The summed E-state index contributed by atoms with van der Waals surface area (Å²) in [6, 6.07) is 13.7. The van der Waals surface area contributed by atoms with Crippen LogP contribution in [0.3, 0.4) is 0 Å². The Morgan fingerprint density at radius 1 is 1.14 bits per heavy atom. The molecular formula is C22H22N4OS. The molecular weight excluding hydrogens is 368 g/mol. The molecule has 142 valence electrons. The Morgan fingerprint density at radius 2 is 1.89 bits per heavy atom. The van der Waals surface area contributed by atoms with Crippen molar-refractivity contribution >= 4 is 11.8 Å². The summed E-state index contributed by atoms with van der Waals surface area (Å²) in [5.41, 5.74) is 4.26. The first-order valence-electron chi connectivity index (χ1n) is 9.65. The van der Waals surface area contributed by atoms with Gasteiger partial charge < -0.3 is 0 Å². The zero-order valence-corrected chi connectivity index (χ0v) is 16.7. The van der Waals surface area contributed by atoms with Crippen LogP contribution in [0.4, 0.5) is 0 Å². The van der Waals surface area contributed by atoms with Gasteiger partial charge in [-0.1, -0.05) is 42.8 Å². The minimum Gasteiger partial charge on any atom is -0.294 e. The first kappa shape index (κ1) is 18.6. The summed E-state index contributed by atoms with van der Waals surface area (Å²) in [4.78, 5) is 18.4. The highest BCUT2D eigenvalue weighted by Crippen LogP contribution is 2.31. The van der Waals surface area contributed by atoms with Gasteiger partial charge in [-0.2, -0.15) is 5.26 Å². The Bertz CT molecular complexity index is 1090. The second kappa shape index (κ2) is 8.07. The first-order valence-corrected chi connectivity index (χ1v) is 10.5. The average Bonchev–Trinajstić information content (AvgIpc) is 2.98. The van der Waals surface area contributed by atoms with Gasteiger partial charge in [-0.25, -0.2) is 9.67 Å². The van der Waals surface area contributed by atoms with Crippen molar-refractivity contribution in [3.63, 3.8) is 0 Å². The summed E-state index contributed by atoms with van der Waals surface area (Å²) in [7, 11) is 0. The summed E-state index contributed by atoms with van der Waals surface area (Å²) in [5.74, 6) is 0. The number of rotatable bonds is 3. The van der Waals surface area contributed by atoms with Crippen LogP contribution in [0, 0.1) is 18.3 Å². The zero-order chi connectivity index (χ0) is 19.5. The highest BCUT2D eigenvalue weighted by molar-refractivity contribution is 7.99. The van der Waals surface area contributed by atoms with Crippen molar-refractivity contribution in [3.05, 3.63) is 69.3 Å². The second-order valence-corrected chi connectivity index (χ2v) is 8.12. The van der Waals surface area contributed by atoms with Crippen LogP contribution in [0.5, 0.6) is 0 Å². The average molecular weight is 391 g/mol. The Hall–Kier alpha value is -2.78. The lowest BCUT2D eigenvalue weighted by Crippen LogP contribution is -2.15. The lowest BCUT2D eigenvalue weighted by molar-refractivity contribution is 0.605. The molecule has 0 radical (unpaired) electrons. The third kappa shape index (κ3) is 3.63. The number of benzene rings is 1. The van der Waals surface area contributed by atoms with E-state index in [9.17, 15) is 10.1 Å². The van der Waals surface area contributed by atoms with E-state index in [1.165, 1.54) is 34.8 Å².